The molecule has 172 valence electrons. The highest BCUT2D eigenvalue weighted by Crippen LogP contribution is 2.43. The van der Waals surface area contributed by atoms with Gasteiger partial charge in [-0.3, -0.25) is 5.10 Å². The molecule has 2 heterocycles. The maximum atomic E-state index is 13.8. The van der Waals surface area contributed by atoms with Crippen molar-refractivity contribution in [2.45, 2.75) is 12.5 Å². The molecule has 0 aliphatic rings. The van der Waals surface area contributed by atoms with Crippen molar-refractivity contribution in [3.8, 4) is 16.8 Å². The monoisotopic (exact) mass is 459 g/mol. The zero-order valence-corrected chi connectivity index (χ0v) is 18.5. The van der Waals surface area contributed by atoms with E-state index in [-0.39, 0.29) is 18.0 Å². The molecule has 0 aliphatic carbocycles. The number of hydrogen-bond acceptors (Lipinski definition) is 4. The van der Waals surface area contributed by atoms with E-state index >= 15 is 0 Å². The van der Waals surface area contributed by atoms with Crippen LogP contribution in [-0.2, 0) is 10.3 Å². The lowest BCUT2D eigenvalue weighted by Gasteiger charge is -2.27. The lowest BCUT2D eigenvalue weighted by atomic mass is 9.92. The maximum Gasteiger partial charge on any atom is 0.335 e. The van der Waals surface area contributed by atoms with Gasteiger partial charge in [0.05, 0.1) is 35.1 Å². The van der Waals surface area contributed by atoms with Gasteiger partial charge in [-0.1, -0.05) is 12.1 Å². The van der Waals surface area contributed by atoms with Crippen LogP contribution in [0.4, 0.5) is 4.39 Å². The van der Waals surface area contributed by atoms with E-state index in [1.165, 1.54) is 31.4 Å². The number of aromatic carboxylic acids is 1. The van der Waals surface area contributed by atoms with Crippen LogP contribution in [0.25, 0.3) is 38.6 Å². The van der Waals surface area contributed by atoms with Gasteiger partial charge in [-0.25, -0.2) is 9.18 Å². The van der Waals surface area contributed by atoms with Gasteiger partial charge < -0.3 is 19.5 Å². The van der Waals surface area contributed by atoms with Crippen LogP contribution in [-0.4, -0.2) is 44.7 Å². The summed E-state index contributed by atoms with van der Waals surface area (Å²) < 4.78 is 21.0. The van der Waals surface area contributed by atoms with Crippen LogP contribution in [0.2, 0.25) is 0 Å². The van der Waals surface area contributed by atoms with E-state index in [9.17, 15) is 19.4 Å². The minimum absolute atomic E-state index is 0.00412. The van der Waals surface area contributed by atoms with E-state index < -0.39 is 11.6 Å². The second-order valence-corrected chi connectivity index (χ2v) is 8.45. The van der Waals surface area contributed by atoms with Crippen LogP contribution in [0, 0.1) is 5.82 Å². The van der Waals surface area contributed by atoms with Gasteiger partial charge in [-0.2, -0.15) is 5.10 Å². The van der Waals surface area contributed by atoms with Crippen LogP contribution < -0.4 is 0 Å². The quantitative estimate of drug-likeness (QED) is 0.337. The molecule has 5 rings (SSSR count). The van der Waals surface area contributed by atoms with Crippen molar-refractivity contribution in [3.05, 3.63) is 83.9 Å². The first kappa shape index (κ1) is 21.8. The predicted molar refractivity (Wildman–Crippen MR) is 127 cm³/mol. The van der Waals surface area contributed by atoms with Gasteiger partial charge in [0, 0.05) is 29.1 Å². The zero-order chi connectivity index (χ0) is 24.0. The number of aromatic nitrogens is 3. The lowest BCUT2D eigenvalue weighted by Crippen LogP contribution is -2.30. The van der Waals surface area contributed by atoms with Crippen molar-refractivity contribution in [3.63, 3.8) is 0 Å². The first-order valence-corrected chi connectivity index (χ1v) is 10.6. The predicted octanol–water partition coefficient (Wildman–Crippen LogP) is 4.87. The molecule has 3 aromatic carbocycles. The number of H-pyrrole nitrogens is 1. The summed E-state index contributed by atoms with van der Waals surface area (Å²) in [5.74, 6) is -1.39. The Kier molecular flexibility index (Phi) is 5.19. The highest BCUT2D eigenvalue weighted by molar-refractivity contribution is 6.06. The van der Waals surface area contributed by atoms with Gasteiger partial charge in [-0.05, 0) is 61.0 Å². The van der Waals surface area contributed by atoms with Crippen molar-refractivity contribution < 1.29 is 24.1 Å². The van der Waals surface area contributed by atoms with Gasteiger partial charge in [0.15, 0.2) is 0 Å². The number of aliphatic hydroxyl groups is 1. The Morgan fingerprint density at radius 2 is 1.85 bits per heavy atom. The Balaban J connectivity index is 1.93. The van der Waals surface area contributed by atoms with E-state index in [1.807, 2.05) is 16.7 Å². The number of ether oxygens (including phenoxy) is 1. The van der Waals surface area contributed by atoms with E-state index in [0.717, 1.165) is 32.9 Å². The number of aromatic amines is 1. The fraction of sp³-hybridized carbons (Fsp3) is 0.154. The largest absolute Gasteiger partial charge is 0.478 e. The minimum atomic E-state index is -1.44. The SMILES string of the molecule is COCC(C)(O)c1c(-c2ccc(C(=O)O)cc2)c2cc3[nH]ncc3cc2n1-c1ccc(F)cc1. The summed E-state index contributed by atoms with van der Waals surface area (Å²) in [5.41, 5.74) is 2.96. The number of carboxylic acid groups (broad SMARTS) is 1. The number of methoxy groups -OCH3 is 1. The van der Waals surface area contributed by atoms with Crippen molar-refractivity contribution in [2.75, 3.05) is 13.7 Å². The summed E-state index contributed by atoms with van der Waals surface area (Å²) in [6.45, 7) is 1.66. The Morgan fingerprint density at radius 3 is 2.50 bits per heavy atom. The smallest absolute Gasteiger partial charge is 0.335 e. The molecule has 1 unspecified atom stereocenters. The fourth-order valence-corrected chi connectivity index (χ4v) is 4.51. The molecular weight excluding hydrogens is 437 g/mol. The summed E-state index contributed by atoms with van der Waals surface area (Å²) >= 11 is 0. The standard InChI is InChI=1S/C26H22FN3O4/c1-26(33,14-34-2)24-23(15-3-5-16(6-4-15)25(31)32)20-12-21-17(13-28-29-21)11-22(20)30(24)19-9-7-18(27)8-10-19/h3-13,33H,14H2,1-2H3,(H,28,29)(H,31,32). The first-order chi connectivity index (χ1) is 16.3. The summed E-state index contributed by atoms with van der Waals surface area (Å²) in [6, 6.07) is 16.4. The molecule has 34 heavy (non-hydrogen) atoms. The van der Waals surface area contributed by atoms with E-state index in [2.05, 4.69) is 10.2 Å². The first-order valence-electron chi connectivity index (χ1n) is 10.6. The molecule has 0 fully saturated rings. The molecule has 0 radical (unpaired) electrons. The average Bonchev–Trinajstić information content (AvgIpc) is 3.40. The average molecular weight is 459 g/mol. The third-order valence-electron chi connectivity index (χ3n) is 5.97. The minimum Gasteiger partial charge on any atom is -0.478 e. The summed E-state index contributed by atoms with van der Waals surface area (Å²) in [4.78, 5) is 11.4. The zero-order valence-electron chi connectivity index (χ0n) is 18.5. The molecule has 0 saturated carbocycles. The van der Waals surface area contributed by atoms with Crippen LogP contribution in [0.3, 0.4) is 0 Å². The number of benzene rings is 3. The molecule has 8 heteroatoms. The second-order valence-electron chi connectivity index (χ2n) is 8.45. The molecule has 0 bridgehead atoms. The molecule has 1 atom stereocenters. The highest BCUT2D eigenvalue weighted by Gasteiger charge is 2.34. The summed E-state index contributed by atoms with van der Waals surface area (Å²) in [7, 11) is 1.51. The van der Waals surface area contributed by atoms with Gasteiger partial charge in [-0.15, -0.1) is 0 Å². The van der Waals surface area contributed by atoms with Crippen molar-refractivity contribution >= 4 is 27.8 Å². The van der Waals surface area contributed by atoms with Crippen LogP contribution in [0.5, 0.6) is 0 Å². The van der Waals surface area contributed by atoms with Gasteiger partial charge in [0.1, 0.15) is 11.4 Å². The Hall–Kier alpha value is -4.01. The summed E-state index contributed by atoms with van der Waals surface area (Å²) in [5, 5.41) is 29.8. The number of carboxylic acids is 1. The normalized spacial score (nSPS) is 13.4. The summed E-state index contributed by atoms with van der Waals surface area (Å²) in [6.07, 6.45) is 1.71. The number of carbonyl (C=O) groups is 1. The highest BCUT2D eigenvalue weighted by atomic mass is 19.1. The van der Waals surface area contributed by atoms with Crippen LogP contribution in [0.15, 0.2) is 66.9 Å². The van der Waals surface area contributed by atoms with Gasteiger partial charge in [0.2, 0.25) is 0 Å². The van der Waals surface area contributed by atoms with E-state index in [0.29, 0.717) is 11.4 Å². The Bertz CT molecular complexity index is 1520. The molecule has 7 nitrogen and oxygen atoms in total. The van der Waals surface area contributed by atoms with Crippen LogP contribution >= 0.6 is 0 Å². The molecule has 3 N–H and O–H groups in total. The molecule has 0 spiro atoms. The van der Waals surface area contributed by atoms with E-state index in [4.69, 9.17) is 4.74 Å². The van der Waals surface area contributed by atoms with E-state index in [1.54, 1.807) is 37.4 Å². The molecule has 0 amide bonds. The fourth-order valence-electron chi connectivity index (χ4n) is 4.51. The Labute approximate surface area is 194 Å². The van der Waals surface area contributed by atoms with Crippen molar-refractivity contribution in [1.82, 2.24) is 14.8 Å². The number of halogens is 1. The number of fused-ring (bicyclic) bond motifs is 2. The van der Waals surface area contributed by atoms with Gasteiger partial charge >= 0.3 is 5.97 Å². The molecule has 0 aliphatic heterocycles. The second kappa shape index (κ2) is 8.09. The molecule has 2 aromatic heterocycles. The molecule has 0 saturated heterocycles. The third-order valence-corrected chi connectivity index (χ3v) is 5.97. The molecule has 5 aromatic rings. The van der Waals surface area contributed by atoms with Crippen LogP contribution in [0.1, 0.15) is 23.0 Å². The number of nitrogens with one attached hydrogen (secondary N) is 1. The van der Waals surface area contributed by atoms with Crippen molar-refractivity contribution in [1.29, 1.82) is 0 Å². The number of rotatable bonds is 6. The maximum absolute atomic E-state index is 13.8. The van der Waals surface area contributed by atoms with Gasteiger partial charge in [0.25, 0.3) is 0 Å². The molecular formula is C26H22FN3O4. The topological polar surface area (TPSA) is 100 Å². The van der Waals surface area contributed by atoms with Crippen molar-refractivity contribution in [2.24, 2.45) is 0 Å². The Morgan fingerprint density at radius 1 is 1.15 bits per heavy atom. The lowest BCUT2D eigenvalue weighted by molar-refractivity contribution is -0.0243. The third kappa shape index (κ3) is 3.53. The number of hydrogen-bond donors (Lipinski definition) is 3. The number of nitrogens with zero attached hydrogens (tertiary/aromatic N) is 2.